The van der Waals surface area contributed by atoms with Gasteiger partial charge in [0.25, 0.3) is 0 Å². The quantitative estimate of drug-likeness (QED) is 0.578. The first-order valence-electron chi connectivity index (χ1n) is 9.51. The van der Waals surface area contributed by atoms with E-state index >= 15 is 0 Å². The highest BCUT2D eigenvalue weighted by atomic mass is 32.2. The fraction of sp³-hybridized carbons (Fsp3) is 0.350. The van der Waals surface area contributed by atoms with Crippen molar-refractivity contribution in [2.24, 2.45) is 0 Å². The van der Waals surface area contributed by atoms with E-state index < -0.39 is 86.9 Å². The molecule has 2 N–H and O–H groups in total. The summed E-state index contributed by atoms with van der Waals surface area (Å²) in [7, 11) is -4.71. The van der Waals surface area contributed by atoms with Crippen LogP contribution in [0.1, 0.15) is 16.7 Å². The molecule has 0 amide bonds. The predicted molar refractivity (Wildman–Crippen MR) is 103 cm³/mol. The molecule has 1 aliphatic rings. The smallest absolute Gasteiger partial charge is 0.419 e. The van der Waals surface area contributed by atoms with Gasteiger partial charge in [-0.15, -0.1) is 0 Å². The summed E-state index contributed by atoms with van der Waals surface area (Å²) >= 11 is 0. The van der Waals surface area contributed by atoms with E-state index in [4.69, 9.17) is 4.74 Å². The minimum atomic E-state index is -4.99. The lowest BCUT2D eigenvalue weighted by Gasteiger charge is -2.27. The molecular formula is C20H15F7N2O5S. The van der Waals surface area contributed by atoms with E-state index in [2.05, 4.69) is 0 Å². The van der Waals surface area contributed by atoms with Crippen LogP contribution in [-0.2, 0) is 22.4 Å². The Kier molecular flexibility index (Phi) is 6.81. The highest BCUT2D eigenvalue weighted by molar-refractivity contribution is 7.89. The van der Waals surface area contributed by atoms with E-state index in [1.54, 1.807) is 0 Å². The Hall–Kier alpha value is -2.93. The third-order valence-corrected chi connectivity index (χ3v) is 7.13. The van der Waals surface area contributed by atoms with E-state index in [1.807, 2.05) is 0 Å². The monoisotopic (exact) mass is 528 g/mol. The van der Waals surface area contributed by atoms with Gasteiger partial charge in [0, 0.05) is 12.6 Å². The molecule has 35 heavy (non-hydrogen) atoms. The highest BCUT2D eigenvalue weighted by Crippen LogP contribution is 2.36. The van der Waals surface area contributed by atoms with Crippen LogP contribution >= 0.6 is 0 Å². The minimum absolute atomic E-state index is 0.333. The van der Waals surface area contributed by atoms with Gasteiger partial charge in [-0.05, 0) is 30.3 Å². The SMILES string of the molecule is N#Cc1cc(C(F)(F)F)ccc1S(=O)(=O)N1CC(Oc2ccc(C(F)(F)F)c(F)c2)[C@](O)(CO)C1. The molecule has 2 atom stereocenters. The van der Waals surface area contributed by atoms with Crippen molar-refractivity contribution in [2.45, 2.75) is 29.0 Å². The van der Waals surface area contributed by atoms with Gasteiger partial charge in [-0.25, -0.2) is 12.8 Å². The van der Waals surface area contributed by atoms with Gasteiger partial charge in [0.15, 0.2) is 0 Å². The Morgan fingerprint density at radius 2 is 1.77 bits per heavy atom. The van der Waals surface area contributed by atoms with Crippen LogP contribution in [0, 0.1) is 17.1 Å². The summed E-state index contributed by atoms with van der Waals surface area (Å²) in [5.74, 6) is -2.22. The molecule has 7 nitrogen and oxygen atoms in total. The molecule has 1 saturated heterocycles. The number of nitrogens with zero attached hydrogens (tertiary/aromatic N) is 2. The predicted octanol–water partition coefficient (Wildman–Crippen LogP) is 2.91. The maximum atomic E-state index is 13.9. The summed E-state index contributed by atoms with van der Waals surface area (Å²) in [6, 6.07) is 4.16. The van der Waals surface area contributed by atoms with Gasteiger partial charge in [0.1, 0.15) is 29.3 Å². The van der Waals surface area contributed by atoms with Gasteiger partial charge in [-0.1, -0.05) is 0 Å². The van der Waals surface area contributed by atoms with Crippen molar-refractivity contribution in [3.8, 4) is 11.8 Å². The number of nitriles is 1. The molecule has 0 aromatic heterocycles. The standard InChI is InChI=1S/C20H15F7N2O5S/c21-15-6-13(2-3-14(15)20(25,26)27)34-17-8-29(9-18(17,31)10-30)35(32,33)16-4-1-12(19(22,23)24)5-11(16)7-28/h1-6,17,30-31H,8-10H2/t17?,18-/m1/s1. The zero-order chi connectivity index (χ0) is 26.4. The second-order valence-corrected chi connectivity index (χ2v) is 9.53. The third kappa shape index (κ3) is 5.20. The summed E-state index contributed by atoms with van der Waals surface area (Å²) < 4.78 is 123. The van der Waals surface area contributed by atoms with Crippen LogP contribution < -0.4 is 4.74 Å². The Labute approximate surface area is 193 Å². The number of ether oxygens (including phenoxy) is 1. The van der Waals surface area contributed by atoms with Crippen LogP contribution in [0.25, 0.3) is 0 Å². The van der Waals surface area contributed by atoms with Crippen molar-refractivity contribution in [2.75, 3.05) is 19.7 Å². The number of aliphatic hydroxyl groups excluding tert-OH is 1. The number of hydrogen-bond donors (Lipinski definition) is 2. The Morgan fingerprint density at radius 3 is 2.29 bits per heavy atom. The number of β-amino-alcohol motifs (C(OH)–C–C–N with tert-alkyl or cyclic N) is 1. The molecular weight excluding hydrogens is 513 g/mol. The van der Waals surface area contributed by atoms with Crippen LogP contribution in [-0.4, -0.2) is 54.3 Å². The molecule has 0 bridgehead atoms. The molecule has 1 unspecified atom stereocenters. The molecule has 0 aliphatic carbocycles. The number of halogens is 7. The number of sulfonamides is 1. The number of benzene rings is 2. The van der Waals surface area contributed by atoms with E-state index in [0.29, 0.717) is 34.6 Å². The zero-order valence-electron chi connectivity index (χ0n) is 17.2. The molecule has 0 radical (unpaired) electrons. The van der Waals surface area contributed by atoms with Crippen molar-refractivity contribution in [3.05, 3.63) is 58.9 Å². The number of alkyl halides is 6. The first-order valence-corrected chi connectivity index (χ1v) is 10.9. The van der Waals surface area contributed by atoms with E-state index in [0.717, 1.165) is 6.07 Å². The largest absolute Gasteiger partial charge is 0.486 e. The van der Waals surface area contributed by atoms with Gasteiger partial charge in [-0.2, -0.15) is 35.9 Å². The first kappa shape index (κ1) is 26.7. The van der Waals surface area contributed by atoms with Crippen molar-refractivity contribution in [1.82, 2.24) is 4.31 Å². The molecule has 2 aromatic rings. The molecule has 3 rings (SSSR count). The molecule has 2 aromatic carbocycles. The highest BCUT2D eigenvalue weighted by Gasteiger charge is 2.51. The van der Waals surface area contributed by atoms with Crippen molar-refractivity contribution < 1.29 is 54.1 Å². The molecule has 15 heteroatoms. The van der Waals surface area contributed by atoms with Crippen molar-refractivity contribution in [1.29, 1.82) is 5.26 Å². The van der Waals surface area contributed by atoms with Gasteiger partial charge in [-0.3, -0.25) is 0 Å². The first-order chi connectivity index (χ1) is 16.0. The topological polar surface area (TPSA) is 111 Å². The average molecular weight is 528 g/mol. The van der Waals surface area contributed by atoms with Gasteiger partial charge >= 0.3 is 12.4 Å². The number of hydrogen-bond acceptors (Lipinski definition) is 6. The van der Waals surface area contributed by atoms with Gasteiger partial charge in [0.2, 0.25) is 10.0 Å². The van der Waals surface area contributed by atoms with Crippen LogP contribution in [0.15, 0.2) is 41.3 Å². The normalized spacial score (nSPS) is 21.7. The lowest BCUT2D eigenvalue weighted by molar-refractivity contribution is -0.140. The van der Waals surface area contributed by atoms with Gasteiger partial charge < -0.3 is 14.9 Å². The summed E-state index contributed by atoms with van der Waals surface area (Å²) in [6.45, 7) is -2.66. The lowest BCUT2D eigenvalue weighted by atomic mass is 10.0. The second kappa shape index (κ2) is 8.94. The average Bonchev–Trinajstić information content (AvgIpc) is 3.09. The van der Waals surface area contributed by atoms with E-state index in [9.17, 15) is 54.6 Å². The number of aliphatic hydroxyl groups is 2. The number of rotatable bonds is 5. The maximum absolute atomic E-state index is 13.9. The zero-order valence-corrected chi connectivity index (χ0v) is 18.0. The summed E-state index contributed by atoms with van der Waals surface area (Å²) in [4.78, 5) is -0.811. The third-order valence-electron chi connectivity index (χ3n) is 5.26. The molecule has 1 aliphatic heterocycles. The van der Waals surface area contributed by atoms with Crippen molar-refractivity contribution in [3.63, 3.8) is 0 Å². The maximum Gasteiger partial charge on any atom is 0.419 e. The fourth-order valence-corrected chi connectivity index (χ4v) is 5.06. The van der Waals surface area contributed by atoms with Crippen LogP contribution in [0.3, 0.4) is 0 Å². The molecule has 190 valence electrons. The summed E-state index contributed by atoms with van der Waals surface area (Å²) in [6.07, 6.45) is -11.5. The van der Waals surface area contributed by atoms with E-state index in [-0.39, 0.29) is 0 Å². The van der Waals surface area contributed by atoms with Crippen LogP contribution in [0.2, 0.25) is 0 Å². The van der Waals surface area contributed by atoms with Crippen LogP contribution in [0.5, 0.6) is 5.75 Å². The molecule has 1 heterocycles. The molecule has 1 fully saturated rings. The van der Waals surface area contributed by atoms with Gasteiger partial charge in [0.05, 0.1) is 34.7 Å². The van der Waals surface area contributed by atoms with Crippen LogP contribution in [0.4, 0.5) is 30.7 Å². The Morgan fingerprint density at radius 1 is 1.11 bits per heavy atom. The van der Waals surface area contributed by atoms with E-state index in [1.165, 1.54) is 6.07 Å². The second-order valence-electron chi connectivity index (χ2n) is 7.63. The summed E-state index contributed by atoms with van der Waals surface area (Å²) in [5, 5.41) is 29.5. The fourth-order valence-electron chi connectivity index (χ4n) is 3.43. The Balaban J connectivity index is 1.92. The lowest BCUT2D eigenvalue weighted by Crippen LogP contribution is -2.48. The molecule has 0 spiro atoms. The Bertz CT molecular complexity index is 1270. The van der Waals surface area contributed by atoms with Crippen molar-refractivity contribution >= 4 is 10.0 Å². The minimum Gasteiger partial charge on any atom is -0.486 e. The summed E-state index contributed by atoms with van der Waals surface area (Å²) in [5.41, 5.74) is -6.01. The molecule has 0 saturated carbocycles.